The molecule has 0 radical (unpaired) electrons. The monoisotopic (exact) mass is 263 g/mol. The summed E-state index contributed by atoms with van der Waals surface area (Å²) in [4.78, 5) is 0. The fourth-order valence-electron chi connectivity index (χ4n) is 3.39. The van der Waals surface area contributed by atoms with Crippen LogP contribution in [-0.4, -0.2) is 12.1 Å². The van der Waals surface area contributed by atoms with Gasteiger partial charge in [-0.3, -0.25) is 0 Å². The molecule has 1 aromatic rings. The maximum Gasteiger partial charge on any atom is 0.0408 e. The number of halogens is 1. The van der Waals surface area contributed by atoms with Crippen molar-refractivity contribution < 1.29 is 0 Å². The van der Waals surface area contributed by atoms with E-state index in [9.17, 15) is 0 Å². The average molecular weight is 264 g/mol. The van der Waals surface area contributed by atoms with E-state index in [0.717, 1.165) is 23.0 Å². The minimum absolute atomic E-state index is 0.727. The van der Waals surface area contributed by atoms with Gasteiger partial charge in [-0.15, -0.1) is 0 Å². The normalized spacial score (nSPS) is 28.9. The largest absolute Gasteiger partial charge is 0.311 e. The molecule has 0 saturated heterocycles. The Balaban J connectivity index is 1.48. The Morgan fingerprint density at radius 1 is 1.00 bits per heavy atom. The van der Waals surface area contributed by atoms with E-state index in [1.165, 1.54) is 50.5 Å². The Bertz CT molecular complexity index is 392. The molecular formula is C16H22ClN. The van der Waals surface area contributed by atoms with Gasteiger partial charge in [0.25, 0.3) is 0 Å². The van der Waals surface area contributed by atoms with Crippen molar-refractivity contribution in [1.82, 2.24) is 5.32 Å². The number of rotatable bonds is 3. The molecule has 2 aliphatic carbocycles. The molecule has 3 rings (SSSR count). The van der Waals surface area contributed by atoms with Gasteiger partial charge < -0.3 is 5.32 Å². The first-order valence-electron chi connectivity index (χ1n) is 7.33. The van der Waals surface area contributed by atoms with E-state index in [2.05, 4.69) is 23.5 Å². The number of hydrogen-bond acceptors (Lipinski definition) is 1. The first kappa shape index (κ1) is 12.5. The van der Waals surface area contributed by atoms with Gasteiger partial charge in [0.05, 0.1) is 0 Å². The lowest BCUT2D eigenvalue weighted by Crippen LogP contribution is -2.46. The van der Waals surface area contributed by atoms with Crippen LogP contribution in [-0.2, 0) is 0 Å². The molecule has 1 N–H and O–H groups in total. The predicted octanol–water partition coefficient (Wildman–Crippen LogP) is 4.51. The van der Waals surface area contributed by atoms with Crippen molar-refractivity contribution in [2.45, 2.75) is 62.9 Å². The number of benzene rings is 1. The molecule has 2 aliphatic rings. The lowest BCUT2D eigenvalue weighted by atomic mass is 9.75. The van der Waals surface area contributed by atoms with Crippen molar-refractivity contribution in [2.24, 2.45) is 0 Å². The minimum atomic E-state index is 0.727. The van der Waals surface area contributed by atoms with Crippen LogP contribution in [0.1, 0.15) is 56.4 Å². The van der Waals surface area contributed by atoms with Crippen LogP contribution in [0.2, 0.25) is 5.02 Å². The lowest BCUT2D eigenvalue weighted by molar-refractivity contribution is 0.238. The third kappa shape index (κ3) is 2.89. The van der Waals surface area contributed by atoms with Crippen LogP contribution in [0.5, 0.6) is 0 Å². The smallest absolute Gasteiger partial charge is 0.0408 e. The zero-order chi connectivity index (χ0) is 12.4. The molecule has 0 unspecified atom stereocenters. The quantitative estimate of drug-likeness (QED) is 0.846. The molecule has 0 heterocycles. The molecule has 0 aliphatic heterocycles. The molecule has 0 bridgehead atoms. The van der Waals surface area contributed by atoms with Crippen molar-refractivity contribution in [1.29, 1.82) is 0 Å². The number of nitrogens with one attached hydrogen (secondary N) is 1. The Kier molecular flexibility index (Phi) is 3.91. The molecule has 2 saturated carbocycles. The highest BCUT2D eigenvalue weighted by Crippen LogP contribution is 2.38. The topological polar surface area (TPSA) is 12.0 Å². The second-order valence-corrected chi connectivity index (χ2v) is 6.36. The Morgan fingerprint density at radius 3 is 2.50 bits per heavy atom. The zero-order valence-corrected chi connectivity index (χ0v) is 11.6. The van der Waals surface area contributed by atoms with E-state index in [0.29, 0.717) is 0 Å². The van der Waals surface area contributed by atoms with Crippen molar-refractivity contribution in [2.75, 3.05) is 0 Å². The lowest BCUT2D eigenvalue weighted by Gasteiger charge is -2.39. The second kappa shape index (κ2) is 5.63. The molecule has 0 amide bonds. The van der Waals surface area contributed by atoms with Crippen LogP contribution in [0.15, 0.2) is 24.3 Å². The third-order valence-electron chi connectivity index (χ3n) is 4.53. The van der Waals surface area contributed by atoms with Crippen molar-refractivity contribution in [3.8, 4) is 0 Å². The number of hydrogen-bond donors (Lipinski definition) is 1. The summed E-state index contributed by atoms with van der Waals surface area (Å²) in [7, 11) is 0. The molecule has 18 heavy (non-hydrogen) atoms. The highest BCUT2D eigenvalue weighted by molar-refractivity contribution is 6.30. The Hall–Kier alpha value is -0.530. The summed E-state index contributed by atoms with van der Waals surface area (Å²) < 4.78 is 0. The molecule has 2 fully saturated rings. The van der Waals surface area contributed by atoms with Crippen LogP contribution in [0.25, 0.3) is 0 Å². The highest BCUT2D eigenvalue weighted by Gasteiger charge is 2.31. The van der Waals surface area contributed by atoms with E-state index in [1.807, 2.05) is 6.07 Å². The van der Waals surface area contributed by atoms with Gasteiger partial charge in [-0.2, -0.15) is 0 Å². The van der Waals surface area contributed by atoms with Crippen molar-refractivity contribution >= 4 is 11.6 Å². The van der Waals surface area contributed by atoms with Crippen LogP contribution < -0.4 is 5.32 Å². The minimum Gasteiger partial charge on any atom is -0.311 e. The van der Waals surface area contributed by atoms with Crippen molar-refractivity contribution in [3.63, 3.8) is 0 Å². The second-order valence-electron chi connectivity index (χ2n) is 5.92. The van der Waals surface area contributed by atoms with Gasteiger partial charge in [0, 0.05) is 17.1 Å². The summed E-state index contributed by atoms with van der Waals surface area (Å²) in [6, 6.07) is 9.92. The fourth-order valence-corrected chi connectivity index (χ4v) is 3.59. The van der Waals surface area contributed by atoms with E-state index < -0.39 is 0 Å². The Labute approximate surface area is 115 Å². The highest BCUT2D eigenvalue weighted by atomic mass is 35.5. The van der Waals surface area contributed by atoms with E-state index in [-0.39, 0.29) is 0 Å². The first-order valence-corrected chi connectivity index (χ1v) is 7.70. The summed E-state index contributed by atoms with van der Waals surface area (Å²) in [6.45, 7) is 0. The van der Waals surface area contributed by atoms with Crippen LogP contribution in [0.4, 0.5) is 0 Å². The van der Waals surface area contributed by atoms with E-state index in [1.54, 1.807) is 0 Å². The summed E-state index contributed by atoms with van der Waals surface area (Å²) in [5.74, 6) is 0.727. The Morgan fingerprint density at radius 2 is 1.78 bits per heavy atom. The first-order chi connectivity index (χ1) is 8.81. The van der Waals surface area contributed by atoms with E-state index in [4.69, 9.17) is 11.6 Å². The molecule has 98 valence electrons. The molecule has 1 nitrogen and oxygen atoms in total. The predicted molar refractivity (Wildman–Crippen MR) is 77.2 cm³/mol. The molecule has 0 atom stereocenters. The average Bonchev–Trinajstić information content (AvgIpc) is 2.34. The summed E-state index contributed by atoms with van der Waals surface area (Å²) >= 11 is 6.05. The zero-order valence-electron chi connectivity index (χ0n) is 10.9. The summed E-state index contributed by atoms with van der Waals surface area (Å²) in [5, 5.41) is 4.71. The van der Waals surface area contributed by atoms with Gasteiger partial charge in [0.15, 0.2) is 0 Å². The van der Waals surface area contributed by atoms with Gasteiger partial charge in [-0.1, -0.05) is 43.0 Å². The van der Waals surface area contributed by atoms with Crippen molar-refractivity contribution in [3.05, 3.63) is 34.9 Å². The van der Waals surface area contributed by atoms with Crippen LogP contribution in [0.3, 0.4) is 0 Å². The third-order valence-corrected chi connectivity index (χ3v) is 4.77. The maximum absolute atomic E-state index is 6.05. The SMILES string of the molecule is Clc1cccc(C2CC(NC3CCCCC3)C2)c1. The molecule has 1 aromatic carbocycles. The summed E-state index contributed by atoms with van der Waals surface area (Å²) in [6.07, 6.45) is 9.63. The fraction of sp³-hybridized carbons (Fsp3) is 0.625. The van der Waals surface area contributed by atoms with Gasteiger partial charge in [-0.05, 0) is 49.3 Å². The van der Waals surface area contributed by atoms with Gasteiger partial charge in [0.2, 0.25) is 0 Å². The van der Waals surface area contributed by atoms with E-state index >= 15 is 0 Å². The molecular weight excluding hydrogens is 242 g/mol. The molecule has 0 spiro atoms. The maximum atomic E-state index is 6.05. The van der Waals surface area contributed by atoms with Gasteiger partial charge >= 0.3 is 0 Å². The van der Waals surface area contributed by atoms with Crippen LogP contribution >= 0.6 is 11.6 Å². The standard InChI is InChI=1S/C16H22ClN/c17-14-6-4-5-12(9-14)13-10-16(11-13)18-15-7-2-1-3-8-15/h4-6,9,13,15-16,18H,1-3,7-8,10-11H2. The summed E-state index contributed by atoms with van der Waals surface area (Å²) in [5.41, 5.74) is 1.42. The molecule has 0 aromatic heterocycles. The van der Waals surface area contributed by atoms with Crippen LogP contribution in [0, 0.1) is 0 Å². The van der Waals surface area contributed by atoms with Gasteiger partial charge in [0.1, 0.15) is 0 Å². The molecule has 2 heteroatoms. The van der Waals surface area contributed by atoms with Gasteiger partial charge in [-0.25, -0.2) is 0 Å².